The Morgan fingerprint density at radius 1 is 1.12 bits per heavy atom. The van der Waals surface area contributed by atoms with Gasteiger partial charge in [-0.25, -0.2) is 0 Å². The van der Waals surface area contributed by atoms with Crippen molar-refractivity contribution in [3.8, 4) is 0 Å². The Hall–Kier alpha value is -2.67. The number of nitrogens with zero attached hydrogens (tertiary/aromatic N) is 2. The van der Waals surface area contributed by atoms with Gasteiger partial charge < -0.3 is 15.2 Å². The van der Waals surface area contributed by atoms with Crippen LogP contribution in [0.15, 0.2) is 51.7 Å². The number of benzene rings is 1. The van der Waals surface area contributed by atoms with E-state index in [2.05, 4.69) is 36.7 Å². The van der Waals surface area contributed by atoms with Crippen molar-refractivity contribution in [2.24, 2.45) is 0 Å². The molecule has 0 saturated carbocycles. The highest BCUT2D eigenvalue weighted by Crippen LogP contribution is 2.23. The molecule has 0 aliphatic heterocycles. The van der Waals surface area contributed by atoms with Gasteiger partial charge in [0.25, 0.3) is 5.91 Å². The van der Waals surface area contributed by atoms with Crippen LogP contribution in [-0.4, -0.2) is 16.0 Å². The molecule has 122 valence electrons. The van der Waals surface area contributed by atoms with Crippen molar-refractivity contribution in [3.05, 3.63) is 64.1 Å². The summed E-state index contributed by atoms with van der Waals surface area (Å²) in [5, 5.41) is 9.64. The zero-order chi connectivity index (χ0) is 17.1. The molecular weight excluding hydrogens is 372 g/mol. The highest BCUT2D eigenvalue weighted by atomic mass is 79.9. The molecule has 2 N–H and O–H groups in total. The van der Waals surface area contributed by atoms with Crippen LogP contribution >= 0.6 is 15.9 Å². The normalized spacial score (nSPS) is 10.5. The first-order valence-corrected chi connectivity index (χ1v) is 8.03. The molecule has 24 heavy (non-hydrogen) atoms. The molecule has 0 fully saturated rings. The fraction of sp³-hybridized carbons (Fsp3) is 0.118. The van der Waals surface area contributed by atoms with Crippen molar-refractivity contribution in [3.63, 3.8) is 0 Å². The first-order chi connectivity index (χ1) is 11.5. The second kappa shape index (κ2) is 6.84. The number of hydrogen-bond donors (Lipinski definition) is 2. The summed E-state index contributed by atoms with van der Waals surface area (Å²) in [7, 11) is 0. The minimum absolute atomic E-state index is 0.301. The molecule has 0 atom stereocenters. The van der Waals surface area contributed by atoms with Crippen molar-refractivity contribution in [1.82, 2.24) is 10.1 Å². The van der Waals surface area contributed by atoms with Gasteiger partial charge in [0.1, 0.15) is 5.76 Å². The number of anilines is 3. The van der Waals surface area contributed by atoms with Crippen LogP contribution < -0.4 is 10.6 Å². The van der Waals surface area contributed by atoms with E-state index in [9.17, 15) is 4.79 Å². The summed E-state index contributed by atoms with van der Waals surface area (Å²) >= 11 is 3.50. The lowest BCUT2D eigenvalue weighted by molar-refractivity contribution is 0.102. The van der Waals surface area contributed by atoms with Crippen LogP contribution in [0.4, 0.5) is 17.2 Å². The minimum Gasteiger partial charge on any atom is -0.360 e. The summed E-state index contributed by atoms with van der Waals surface area (Å²) in [6, 6.07) is 9.31. The first-order valence-electron chi connectivity index (χ1n) is 7.24. The number of amides is 1. The molecule has 3 aromatic rings. The van der Waals surface area contributed by atoms with Gasteiger partial charge in [-0.2, -0.15) is 0 Å². The smallest absolute Gasteiger partial charge is 0.258 e. The van der Waals surface area contributed by atoms with E-state index < -0.39 is 0 Å². The molecule has 0 spiro atoms. The summed E-state index contributed by atoms with van der Waals surface area (Å²) in [6.45, 7) is 3.78. The van der Waals surface area contributed by atoms with E-state index in [1.54, 1.807) is 25.3 Å². The molecule has 0 bridgehead atoms. The maximum atomic E-state index is 12.3. The summed E-state index contributed by atoms with van der Waals surface area (Å²) < 4.78 is 5.94. The van der Waals surface area contributed by atoms with Gasteiger partial charge in [0.15, 0.2) is 5.82 Å². The predicted molar refractivity (Wildman–Crippen MR) is 95.6 cm³/mol. The van der Waals surface area contributed by atoms with E-state index >= 15 is 0 Å². The Morgan fingerprint density at radius 3 is 2.67 bits per heavy atom. The monoisotopic (exact) mass is 386 g/mol. The van der Waals surface area contributed by atoms with Crippen molar-refractivity contribution in [2.75, 3.05) is 10.6 Å². The molecule has 0 aliphatic carbocycles. The number of halogens is 1. The molecule has 6 nitrogen and oxygen atoms in total. The lowest BCUT2D eigenvalue weighted by atomic mass is 10.2. The third-order valence-corrected chi connectivity index (χ3v) is 4.18. The number of pyridine rings is 1. The second-order valence-corrected chi connectivity index (χ2v) is 6.18. The molecular formula is C17H15BrN4O2. The number of aryl methyl sites for hydroxylation is 2. The van der Waals surface area contributed by atoms with E-state index in [0.717, 1.165) is 21.4 Å². The molecule has 0 unspecified atom stereocenters. The van der Waals surface area contributed by atoms with Crippen LogP contribution in [0.25, 0.3) is 0 Å². The van der Waals surface area contributed by atoms with E-state index in [-0.39, 0.29) is 5.91 Å². The minimum atomic E-state index is -0.301. The fourth-order valence-electron chi connectivity index (χ4n) is 2.08. The molecule has 0 aliphatic rings. The maximum Gasteiger partial charge on any atom is 0.258 e. The highest BCUT2D eigenvalue weighted by molar-refractivity contribution is 9.10. The molecule has 2 heterocycles. The zero-order valence-corrected chi connectivity index (χ0v) is 14.7. The number of carbonyl (C=O) groups is 1. The number of carbonyl (C=O) groups excluding carboxylic acids is 1. The van der Waals surface area contributed by atoms with Crippen molar-refractivity contribution in [2.45, 2.75) is 13.8 Å². The Bertz CT molecular complexity index is 892. The van der Waals surface area contributed by atoms with Crippen LogP contribution in [0.3, 0.4) is 0 Å². The number of hydrogen-bond acceptors (Lipinski definition) is 5. The number of aromatic nitrogens is 2. The average Bonchev–Trinajstić information content (AvgIpc) is 2.96. The van der Waals surface area contributed by atoms with Gasteiger partial charge in [0.2, 0.25) is 0 Å². The maximum absolute atomic E-state index is 12.3. The Labute approximate surface area is 147 Å². The lowest BCUT2D eigenvalue weighted by Gasteiger charge is -2.09. The Morgan fingerprint density at radius 2 is 1.96 bits per heavy atom. The molecule has 2 aromatic heterocycles. The zero-order valence-electron chi connectivity index (χ0n) is 13.1. The third-order valence-electron chi connectivity index (χ3n) is 3.33. The van der Waals surface area contributed by atoms with Gasteiger partial charge >= 0.3 is 0 Å². The lowest BCUT2D eigenvalue weighted by Crippen LogP contribution is -2.12. The molecule has 3 rings (SSSR count). The van der Waals surface area contributed by atoms with Crippen molar-refractivity contribution < 1.29 is 9.32 Å². The summed E-state index contributed by atoms with van der Waals surface area (Å²) in [5.41, 5.74) is 3.19. The third kappa shape index (κ3) is 3.80. The summed E-state index contributed by atoms with van der Waals surface area (Å²) in [4.78, 5) is 16.4. The van der Waals surface area contributed by atoms with Gasteiger partial charge in [-0.05, 0) is 37.6 Å². The molecule has 7 heteroatoms. The van der Waals surface area contributed by atoms with E-state index in [4.69, 9.17) is 4.52 Å². The summed E-state index contributed by atoms with van der Waals surface area (Å²) in [6.07, 6.45) is 3.16. The van der Waals surface area contributed by atoms with Crippen molar-refractivity contribution in [1.29, 1.82) is 0 Å². The second-order valence-electron chi connectivity index (χ2n) is 5.33. The Kier molecular flexibility index (Phi) is 4.61. The predicted octanol–water partition coefficient (Wildman–Crippen LogP) is 4.44. The quantitative estimate of drug-likeness (QED) is 0.692. The van der Waals surface area contributed by atoms with Crippen LogP contribution in [-0.2, 0) is 0 Å². The van der Waals surface area contributed by atoms with Crippen LogP contribution in [0.5, 0.6) is 0 Å². The van der Waals surface area contributed by atoms with E-state index in [1.807, 2.05) is 25.1 Å². The van der Waals surface area contributed by atoms with E-state index in [0.29, 0.717) is 17.1 Å². The summed E-state index contributed by atoms with van der Waals surface area (Å²) in [5.74, 6) is 0.701. The van der Waals surface area contributed by atoms with E-state index in [1.165, 1.54) is 6.20 Å². The topological polar surface area (TPSA) is 80.0 Å². The van der Waals surface area contributed by atoms with Gasteiger partial charge in [0.05, 0.1) is 17.4 Å². The average molecular weight is 387 g/mol. The number of nitrogens with one attached hydrogen (secondary N) is 2. The van der Waals surface area contributed by atoms with Crippen LogP contribution in [0.2, 0.25) is 0 Å². The molecule has 0 radical (unpaired) electrons. The number of rotatable bonds is 4. The van der Waals surface area contributed by atoms with Crippen molar-refractivity contribution >= 4 is 39.0 Å². The molecule has 1 amide bonds. The fourth-order valence-corrected chi connectivity index (χ4v) is 2.46. The van der Waals surface area contributed by atoms with Crippen LogP contribution in [0, 0.1) is 13.8 Å². The highest BCUT2D eigenvalue weighted by Gasteiger charge is 2.10. The van der Waals surface area contributed by atoms with Gasteiger partial charge in [-0.3, -0.25) is 9.78 Å². The van der Waals surface area contributed by atoms with Gasteiger partial charge in [0, 0.05) is 22.4 Å². The van der Waals surface area contributed by atoms with Gasteiger partial charge in [-0.1, -0.05) is 27.2 Å². The van der Waals surface area contributed by atoms with Gasteiger partial charge in [-0.15, -0.1) is 0 Å². The SMILES string of the molecule is Cc1cc(NC(=O)c2cncc(Nc3ccc(C)c(Br)c3)c2)no1. The largest absolute Gasteiger partial charge is 0.360 e. The standard InChI is InChI=1S/C17H15BrN4O2/c1-10-3-4-13(7-15(10)18)20-14-6-12(8-19-9-14)17(23)21-16-5-11(2)24-22-16/h3-9,20H,1-2H3,(H,21,22,23). The molecule has 1 aromatic carbocycles. The van der Waals surface area contributed by atoms with Crippen LogP contribution in [0.1, 0.15) is 21.7 Å². The first kappa shape index (κ1) is 16.2. The molecule has 0 saturated heterocycles. The Balaban J connectivity index is 1.75.